The lowest BCUT2D eigenvalue weighted by molar-refractivity contribution is -0.142. The maximum Gasteiger partial charge on any atom is 0.313 e. The molecule has 110 valence electrons. The summed E-state index contributed by atoms with van der Waals surface area (Å²) in [6, 6.07) is 6.81. The Hall–Kier alpha value is -1.88. The van der Waals surface area contributed by atoms with Crippen LogP contribution in [0.4, 0.5) is 5.69 Å². The minimum Gasteiger partial charge on any atom is -0.481 e. The Morgan fingerprint density at radius 1 is 1.15 bits per heavy atom. The molecule has 5 heteroatoms. The van der Waals surface area contributed by atoms with Crippen molar-refractivity contribution in [1.82, 2.24) is 0 Å². The van der Waals surface area contributed by atoms with Gasteiger partial charge in [0.05, 0.1) is 10.8 Å². The number of carboxylic acid groups (broad SMARTS) is 1. The van der Waals surface area contributed by atoms with E-state index < -0.39 is 16.8 Å². The first-order valence-corrected chi connectivity index (χ1v) is 6.47. The van der Waals surface area contributed by atoms with Crippen molar-refractivity contribution >= 4 is 17.6 Å². The fraction of sp³-hybridized carbons (Fsp3) is 0.467. The number of benzene rings is 1. The minimum absolute atomic E-state index is 0.162. The molecule has 1 aromatic rings. The van der Waals surface area contributed by atoms with Gasteiger partial charge in [-0.15, -0.1) is 0 Å². The molecule has 0 fully saturated rings. The Morgan fingerprint density at radius 3 is 2.05 bits per heavy atom. The van der Waals surface area contributed by atoms with Gasteiger partial charge in [-0.2, -0.15) is 0 Å². The quantitative estimate of drug-likeness (QED) is 0.767. The topological polar surface area (TPSA) is 92.4 Å². The Morgan fingerprint density at radius 2 is 1.65 bits per heavy atom. The van der Waals surface area contributed by atoms with E-state index in [1.807, 2.05) is 0 Å². The number of nitrogens with two attached hydrogens (primary N) is 1. The van der Waals surface area contributed by atoms with Crippen molar-refractivity contribution in [2.24, 2.45) is 11.1 Å². The number of carbonyl (C=O) groups excluding carboxylic acids is 1. The largest absolute Gasteiger partial charge is 0.481 e. The van der Waals surface area contributed by atoms with Crippen LogP contribution in [0, 0.1) is 5.41 Å². The highest BCUT2D eigenvalue weighted by Gasteiger charge is 2.29. The van der Waals surface area contributed by atoms with Crippen LogP contribution in [0.25, 0.3) is 0 Å². The van der Waals surface area contributed by atoms with Crippen molar-refractivity contribution in [2.75, 3.05) is 11.9 Å². The Balaban J connectivity index is 2.88. The van der Waals surface area contributed by atoms with Crippen LogP contribution in [0.5, 0.6) is 0 Å². The van der Waals surface area contributed by atoms with Crippen molar-refractivity contribution in [2.45, 2.75) is 33.1 Å². The monoisotopic (exact) mass is 278 g/mol. The van der Waals surface area contributed by atoms with Crippen LogP contribution in [0.3, 0.4) is 0 Å². The lowest BCUT2D eigenvalue weighted by Gasteiger charge is -2.22. The Labute approximate surface area is 119 Å². The molecule has 0 aliphatic rings. The first-order valence-electron chi connectivity index (χ1n) is 6.47. The SMILES string of the molecule is CC(C)(CN)C(=O)Nc1ccc(C(C)(C)C(=O)O)cc1. The molecule has 0 spiro atoms. The highest BCUT2D eigenvalue weighted by atomic mass is 16.4. The molecule has 0 atom stereocenters. The van der Waals surface area contributed by atoms with E-state index in [4.69, 9.17) is 10.8 Å². The van der Waals surface area contributed by atoms with Crippen molar-refractivity contribution in [1.29, 1.82) is 0 Å². The number of hydrogen-bond donors (Lipinski definition) is 3. The average molecular weight is 278 g/mol. The normalized spacial score (nSPS) is 12.1. The van der Waals surface area contributed by atoms with Gasteiger partial charge >= 0.3 is 5.97 Å². The molecule has 0 aliphatic carbocycles. The fourth-order valence-electron chi connectivity index (χ4n) is 1.49. The van der Waals surface area contributed by atoms with Gasteiger partial charge in [0.25, 0.3) is 0 Å². The molecule has 0 radical (unpaired) electrons. The zero-order chi connectivity index (χ0) is 15.6. The van der Waals surface area contributed by atoms with Crippen molar-refractivity contribution < 1.29 is 14.7 Å². The molecule has 1 aromatic carbocycles. The molecule has 0 heterocycles. The number of nitrogens with one attached hydrogen (secondary N) is 1. The first-order chi connectivity index (χ1) is 9.11. The van der Waals surface area contributed by atoms with Crippen LogP contribution in [-0.2, 0) is 15.0 Å². The van der Waals surface area contributed by atoms with E-state index in [1.54, 1.807) is 52.0 Å². The van der Waals surface area contributed by atoms with Crippen molar-refractivity contribution in [3.8, 4) is 0 Å². The molecule has 1 amide bonds. The second-order valence-corrected chi connectivity index (χ2v) is 6.05. The summed E-state index contributed by atoms with van der Waals surface area (Å²) < 4.78 is 0. The molecule has 0 aliphatic heterocycles. The van der Waals surface area contributed by atoms with Gasteiger partial charge in [0, 0.05) is 12.2 Å². The molecule has 0 aromatic heterocycles. The van der Waals surface area contributed by atoms with Crippen LogP contribution in [-0.4, -0.2) is 23.5 Å². The van der Waals surface area contributed by atoms with Gasteiger partial charge in [0.1, 0.15) is 0 Å². The number of hydrogen-bond acceptors (Lipinski definition) is 3. The number of amides is 1. The number of rotatable bonds is 5. The van der Waals surface area contributed by atoms with E-state index in [-0.39, 0.29) is 12.5 Å². The van der Waals surface area contributed by atoms with Crippen LogP contribution in [0.1, 0.15) is 33.3 Å². The van der Waals surface area contributed by atoms with E-state index in [0.29, 0.717) is 11.3 Å². The standard InChI is InChI=1S/C15H22N2O3/c1-14(2,9-16)12(18)17-11-7-5-10(6-8-11)15(3,4)13(19)20/h5-8H,9,16H2,1-4H3,(H,17,18)(H,19,20). The van der Waals surface area contributed by atoms with E-state index in [2.05, 4.69) is 5.32 Å². The molecule has 0 unspecified atom stereocenters. The van der Waals surface area contributed by atoms with Crippen LogP contribution < -0.4 is 11.1 Å². The lowest BCUT2D eigenvalue weighted by Crippen LogP contribution is -2.37. The summed E-state index contributed by atoms with van der Waals surface area (Å²) >= 11 is 0. The zero-order valence-electron chi connectivity index (χ0n) is 12.4. The Kier molecular flexibility index (Phi) is 4.55. The third-order valence-electron chi connectivity index (χ3n) is 3.52. The number of carboxylic acids is 1. The highest BCUT2D eigenvalue weighted by molar-refractivity contribution is 5.95. The summed E-state index contributed by atoms with van der Waals surface area (Å²) in [5.74, 6) is -1.05. The van der Waals surface area contributed by atoms with Gasteiger partial charge in [-0.3, -0.25) is 9.59 Å². The summed E-state index contributed by atoms with van der Waals surface area (Å²) in [5, 5.41) is 11.9. The summed E-state index contributed by atoms with van der Waals surface area (Å²) in [4.78, 5) is 23.1. The highest BCUT2D eigenvalue weighted by Crippen LogP contribution is 2.25. The van der Waals surface area contributed by atoms with E-state index in [0.717, 1.165) is 0 Å². The fourth-order valence-corrected chi connectivity index (χ4v) is 1.49. The summed E-state index contributed by atoms with van der Waals surface area (Å²) in [6.07, 6.45) is 0. The summed E-state index contributed by atoms with van der Waals surface area (Å²) in [5.41, 5.74) is 5.26. The maximum atomic E-state index is 12.0. The van der Waals surface area contributed by atoms with Gasteiger partial charge in [-0.25, -0.2) is 0 Å². The maximum absolute atomic E-state index is 12.0. The average Bonchev–Trinajstić information content (AvgIpc) is 2.39. The second-order valence-electron chi connectivity index (χ2n) is 6.05. The molecule has 0 saturated carbocycles. The second kappa shape index (κ2) is 5.63. The molecule has 0 saturated heterocycles. The predicted molar refractivity (Wildman–Crippen MR) is 78.6 cm³/mol. The number of carbonyl (C=O) groups is 2. The molecule has 4 N–H and O–H groups in total. The van der Waals surface area contributed by atoms with Crippen LogP contribution in [0.15, 0.2) is 24.3 Å². The molecular weight excluding hydrogens is 256 g/mol. The number of aliphatic carboxylic acids is 1. The van der Waals surface area contributed by atoms with E-state index in [1.165, 1.54) is 0 Å². The molecule has 20 heavy (non-hydrogen) atoms. The Bertz CT molecular complexity index is 504. The third kappa shape index (κ3) is 3.36. The summed E-state index contributed by atoms with van der Waals surface area (Å²) in [6.45, 7) is 7.07. The van der Waals surface area contributed by atoms with E-state index in [9.17, 15) is 9.59 Å². The van der Waals surface area contributed by atoms with Crippen molar-refractivity contribution in [3.05, 3.63) is 29.8 Å². The van der Waals surface area contributed by atoms with Gasteiger partial charge in [0.2, 0.25) is 5.91 Å². The molecule has 1 rings (SSSR count). The third-order valence-corrected chi connectivity index (χ3v) is 3.52. The summed E-state index contributed by atoms with van der Waals surface area (Å²) in [7, 11) is 0. The van der Waals surface area contributed by atoms with Crippen LogP contribution >= 0.6 is 0 Å². The number of anilines is 1. The van der Waals surface area contributed by atoms with Gasteiger partial charge in [-0.1, -0.05) is 12.1 Å². The van der Waals surface area contributed by atoms with E-state index >= 15 is 0 Å². The minimum atomic E-state index is -0.959. The van der Waals surface area contributed by atoms with Gasteiger partial charge in [0.15, 0.2) is 0 Å². The zero-order valence-corrected chi connectivity index (χ0v) is 12.4. The molecule has 0 bridgehead atoms. The molecular formula is C15H22N2O3. The van der Waals surface area contributed by atoms with Gasteiger partial charge < -0.3 is 16.2 Å². The lowest BCUT2D eigenvalue weighted by atomic mass is 9.85. The predicted octanol–water partition coefficient (Wildman–Crippen LogP) is 1.97. The van der Waals surface area contributed by atoms with Gasteiger partial charge in [-0.05, 0) is 45.4 Å². The van der Waals surface area contributed by atoms with Crippen LogP contribution in [0.2, 0.25) is 0 Å². The first kappa shape index (κ1) is 16.2. The van der Waals surface area contributed by atoms with Crippen molar-refractivity contribution in [3.63, 3.8) is 0 Å². The molecule has 5 nitrogen and oxygen atoms in total. The smallest absolute Gasteiger partial charge is 0.313 e.